The van der Waals surface area contributed by atoms with Gasteiger partial charge in [0.2, 0.25) is 0 Å². The zero-order valence-corrected chi connectivity index (χ0v) is 10.4. The molecule has 1 aromatic carbocycles. The Balaban J connectivity index is 1.77. The predicted molar refractivity (Wildman–Crippen MR) is 66.3 cm³/mol. The Kier molecular flexibility index (Phi) is 2.25. The van der Waals surface area contributed by atoms with Crippen molar-refractivity contribution in [2.75, 3.05) is 25.0 Å². The summed E-state index contributed by atoms with van der Waals surface area (Å²) in [5, 5.41) is 0. The summed E-state index contributed by atoms with van der Waals surface area (Å²) < 4.78 is 1.16. The smallest absolute Gasteiger partial charge is 0.0368 e. The zero-order valence-electron chi connectivity index (χ0n) is 8.86. The maximum atomic E-state index is 3.47. The molecule has 3 heterocycles. The molecule has 0 aliphatic carbocycles. The summed E-state index contributed by atoms with van der Waals surface area (Å²) >= 11 is 3.47. The summed E-state index contributed by atoms with van der Waals surface area (Å²) in [5.74, 6) is 0. The van der Waals surface area contributed by atoms with Crippen LogP contribution in [0.2, 0.25) is 0 Å². The van der Waals surface area contributed by atoms with Crippen molar-refractivity contribution in [2.45, 2.75) is 18.5 Å². The first-order valence-electron chi connectivity index (χ1n) is 5.46. The third kappa shape index (κ3) is 1.58. The summed E-state index contributed by atoms with van der Waals surface area (Å²) in [5.41, 5.74) is 1.36. The topological polar surface area (TPSA) is 6.48 Å². The summed E-state index contributed by atoms with van der Waals surface area (Å²) in [7, 11) is 2.25. The highest BCUT2D eigenvalue weighted by molar-refractivity contribution is 9.10. The van der Waals surface area contributed by atoms with E-state index in [1.165, 1.54) is 25.2 Å². The van der Waals surface area contributed by atoms with E-state index in [1.807, 2.05) is 0 Å². The van der Waals surface area contributed by atoms with Gasteiger partial charge in [0.25, 0.3) is 0 Å². The van der Waals surface area contributed by atoms with Crippen molar-refractivity contribution in [1.82, 2.24) is 4.90 Å². The van der Waals surface area contributed by atoms with Gasteiger partial charge in [-0.3, -0.25) is 4.90 Å². The average Bonchev–Trinajstić information content (AvgIpc) is 2.29. The highest BCUT2D eigenvalue weighted by Gasteiger charge is 2.41. The van der Waals surface area contributed by atoms with Crippen LogP contribution >= 0.6 is 15.9 Å². The lowest BCUT2D eigenvalue weighted by molar-refractivity contribution is 0.0264. The third-order valence-corrected chi connectivity index (χ3v) is 4.28. The number of rotatable bonds is 1. The fourth-order valence-corrected chi connectivity index (χ4v) is 2.92. The monoisotopic (exact) mass is 266 g/mol. The molecular formula is C12H15BrN2. The normalized spacial score (nSPS) is 30.1. The minimum absolute atomic E-state index is 0.785. The van der Waals surface area contributed by atoms with E-state index in [0.29, 0.717) is 0 Å². The molecule has 0 saturated carbocycles. The van der Waals surface area contributed by atoms with Crippen LogP contribution in [0.3, 0.4) is 0 Å². The first-order valence-corrected chi connectivity index (χ1v) is 6.26. The maximum Gasteiger partial charge on any atom is 0.0368 e. The highest BCUT2D eigenvalue weighted by Crippen LogP contribution is 2.33. The van der Waals surface area contributed by atoms with Crippen molar-refractivity contribution >= 4 is 21.6 Å². The summed E-state index contributed by atoms with van der Waals surface area (Å²) in [4.78, 5) is 5.01. The molecule has 3 heteroatoms. The van der Waals surface area contributed by atoms with Gasteiger partial charge >= 0.3 is 0 Å². The van der Waals surface area contributed by atoms with Gasteiger partial charge < -0.3 is 4.90 Å². The molecule has 2 atom stereocenters. The van der Waals surface area contributed by atoms with Gasteiger partial charge in [-0.15, -0.1) is 0 Å². The molecule has 0 spiro atoms. The van der Waals surface area contributed by atoms with Gasteiger partial charge in [-0.05, 0) is 37.7 Å². The van der Waals surface area contributed by atoms with E-state index in [-0.39, 0.29) is 0 Å². The van der Waals surface area contributed by atoms with E-state index >= 15 is 0 Å². The first kappa shape index (κ1) is 9.67. The Morgan fingerprint density at radius 3 is 2.27 bits per heavy atom. The van der Waals surface area contributed by atoms with E-state index in [1.54, 1.807) is 0 Å². The minimum Gasteiger partial charge on any atom is -0.368 e. The van der Waals surface area contributed by atoms with Crippen molar-refractivity contribution in [2.24, 2.45) is 0 Å². The molecule has 2 nitrogen and oxygen atoms in total. The van der Waals surface area contributed by atoms with Crippen LogP contribution in [-0.4, -0.2) is 37.1 Å². The number of piperazine rings is 1. The van der Waals surface area contributed by atoms with Gasteiger partial charge in [-0.25, -0.2) is 0 Å². The summed E-state index contributed by atoms with van der Waals surface area (Å²) in [6.07, 6.45) is 1.39. The standard InChI is InChI=1S/C12H15BrN2/c1-14-11-6-12(14)8-15(7-11)10-4-2-9(13)3-5-10/h2-5,11-12H,6-8H2,1H3. The zero-order chi connectivity index (χ0) is 10.4. The minimum atomic E-state index is 0.785. The Hall–Kier alpha value is -0.540. The summed E-state index contributed by atoms with van der Waals surface area (Å²) in [6, 6.07) is 10.2. The van der Waals surface area contributed by atoms with Gasteiger partial charge in [0, 0.05) is 35.3 Å². The van der Waals surface area contributed by atoms with Crippen LogP contribution in [0.15, 0.2) is 28.7 Å². The maximum absolute atomic E-state index is 3.47. The molecule has 80 valence electrons. The predicted octanol–water partition coefficient (Wildman–Crippen LogP) is 2.34. The number of nitrogens with zero attached hydrogens (tertiary/aromatic N) is 2. The molecule has 2 bridgehead atoms. The number of benzene rings is 1. The fourth-order valence-electron chi connectivity index (χ4n) is 2.66. The molecule has 4 rings (SSSR count). The van der Waals surface area contributed by atoms with Crippen LogP contribution in [0.5, 0.6) is 0 Å². The molecule has 3 aliphatic rings. The summed E-state index contributed by atoms with van der Waals surface area (Å²) in [6.45, 7) is 2.38. The number of likely N-dealkylation sites (N-methyl/N-ethyl adjacent to an activating group) is 1. The van der Waals surface area contributed by atoms with Crippen molar-refractivity contribution in [3.8, 4) is 0 Å². The second-order valence-electron chi connectivity index (χ2n) is 4.59. The number of hydrogen-bond donors (Lipinski definition) is 0. The van der Waals surface area contributed by atoms with E-state index < -0.39 is 0 Å². The van der Waals surface area contributed by atoms with Crippen molar-refractivity contribution < 1.29 is 0 Å². The molecule has 2 unspecified atom stereocenters. The van der Waals surface area contributed by atoms with Crippen LogP contribution in [0.4, 0.5) is 5.69 Å². The number of hydrogen-bond acceptors (Lipinski definition) is 2. The largest absolute Gasteiger partial charge is 0.368 e. The SMILES string of the molecule is CN1C2CC1CN(c1ccc(Br)cc1)C2. The number of piperidine rings is 1. The number of fused-ring (bicyclic) bond motifs is 2. The van der Waals surface area contributed by atoms with Crippen LogP contribution in [0.1, 0.15) is 6.42 Å². The van der Waals surface area contributed by atoms with Crippen molar-refractivity contribution in [3.05, 3.63) is 28.7 Å². The van der Waals surface area contributed by atoms with Crippen LogP contribution in [-0.2, 0) is 0 Å². The van der Waals surface area contributed by atoms with Crippen molar-refractivity contribution in [1.29, 1.82) is 0 Å². The van der Waals surface area contributed by atoms with Crippen LogP contribution in [0.25, 0.3) is 0 Å². The molecule has 0 N–H and O–H groups in total. The van der Waals surface area contributed by atoms with Gasteiger partial charge in [-0.2, -0.15) is 0 Å². The van der Waals surface area contributed by atoms with Gasteiger partial charge in [0.15, 0.2) is 0 Å². The lowest BCUT2D eigenvalue weighted by Crippen LogP contribution is -2.67. The molecule has 3 fully saturated rings. The van der Waals surface area contributed by atoms with Gasteiger partial charge in [-0.1, -0.05) is 15.9 Å². The Morgan fingerprint density at radius 1 is 1.13 bits per heavy atom. The van der Waals surface area contributed by atoms with E-state index in [4.69, 9.17) is 0 Å². The number of halogens is 1. The van der Waals surface area contributed by atoms with E-state index in [2.05, 4.69) is 57.0 Å². The van der Waals surface area contributed by atoms with Crippen molar-refractivity contribution in [3.63, 3.8) is 0 Å². The molecular weight excluding hydrogens is 252 g/mol. The lowest BCUT2D eigenvalue weighted by Gasteiger charge is -2.55. The average molecular weight is 267 g/mol. The lowest BCUT2D eigenvalue weighted by atomic mass is 9.88. The van der Waals surface area contributed by atoms with Crippen LogP contribution in [0, 0.1) is 0 Å². The van der Waals surface area contributed by atoms with Gasteiger partial charge in [0.1, 0.15) is 0 Å². The van der Waals surface area contributed by atoms with E-state index in [9.17, 15) is 0 Å². The van der Waals surface area contributed by atoms with E-state index in [0.717, 1.165) is 16.6 Å². The third-order valence-electron chi connectivity index (χ3n) is 3.75. The molecule has 1 aromatic rings. The van der Waals surface area contributed by atoms with Gasteiger partial charge in [0.05, 0.1) is 0 Å². The molecule has 3 aliphatic heterocycles. The molecule has 15 heavy (non-hydrogen) atoms. The molecule has 3 saturated heterocycles. The first-order chi connectivity index (χ1) is 7.24. The fraction of sp³-hybridized carbons (Fsp3) is 0.500. The highest BCUT2D eigenvalue weighted by atomic mass is 79.9. The Morgan fingerprint density at radius 2 is 1.73 bits per heavy atom. The second kappa shape index (κ2) is 3.49. The molecule has 0 aromatic heterocycles. The quantitative estimate of drug-likeness (QED) is 0.770. The number of anilines is 1. The molecule has 0 radical (unpaired) electrons. The van der Waals surface area contributed by atoms with Crippen LogP contribution < -0.4 is 4.90 Å². The Bertz CT molecular complexity index is 350. The Labute approximate surface area is 99.0 Å². The second-order valence-corrected chi connectivity index (χ2v) is 5.51. The molecule has 0 amide bonds.